The number of para-hydroxylation sites is 2. The highest BCUT2D eigenvalue weighted by Gasteiger charge is 2.29. The number of aryl methyl sites for hydroxylation is 2. The predicted molar refractivity (Wildman–Crippen MR) is 132 cm³/mol. The maximum Gasteiger partial charge on any atom is 0.253 e. The molecule has 5 rings (SSSR count). The topological polar surface area (TPSA) is 80.1 Å². The van der Waals surface area contributed by atoms with E-state index in [9.17, 15) is 9.59 Å². The van der Waals surface area contributed by atoms with Gasteiger partial charge in [-0.1, -0.05) is 29.3 Å². The van der Waals surface area contributed by atoms with Gasteiger partial charge < -0.3 is 10.2 Å². The van der Waals surface area contributed by atoms with E-state index in [1.807, 2.05) is 66.9 Å². The highest BCUT2D eigenvalue weighted by molar-refractivity contribution is 5.96. The zero-order chi connectivity index (χ0) is 23.7. The SMILES string of the molecule is Cc1cc(C)cc(C(=O)N2CCCC(C(=O)Nc3ccc(-n4cnc5ccccc54)nc3)C2)c1. The molecule has 2 aromatic carbocycles. The average molecular weight is 454 g/mol. The van der Waals surface area contributed by atoms with E-state index in [2.05, 4.69) is 21.4 Å². The number of carbonyl (C=O) groups is 2. The molecule has 1 N–H and O–H groups in total. The van der Waals surface area contributed by atoms with Gasteiger partial charge in [0, 0.05) is 18.7 Å². The minimum absolute atomic E-state index is 0.0112. The first-order valence-electron chi connectivity index (χ1n) is 11.5. The molecule has 4 aromatic rings. The van der Waals surface area contributed by atoms with E-state index in [-0.39, 0.29) is 17.7 Å². The number of hydrogen-bond acceptors (Lipinski definition) is 4. The van der Waals surface area contributed by atoms with Crippen molar-refractivity contribution in [3.63, 3.8) is 0 Å². The molecule has 1 aliphatic heterocycles. The molecule has 0 radical (unpaired) electrons. The summed E-state index contributed by atoms with van der Waals surface area (Å²) in [6, 6.07) is 17.5. The van der Waals surface area contributed by atoms with Crippen molar-refractivity contribution in [3.05, 3.63) is 83.8 Å². The maximum absolute atomic E-state index is 13.1. The van der Waals surface area contributed by atoms with Crippen LogP contribution in [0.15, 0.2) is 67.1 Å². The molecule has 2 amide bonds. The van der Waals surface area contributed by atoms with Gasteiger partial charge in [0.1, 0.15) is 12.1 Å². The van der Waals surface area contributed by atoms with Crippen molar-refractivity contribution >= 4 is 28.5 Å². The molecule has 0 spiro atoms. The minimum atomic E-state index is -0.249. The van der Waals surface area contributed by atoms with E-state index in [1.54, 1.807) is 17.4 Å². The van der Waals surface area contributed by atoms with Gasteiger partial charge in [-0.05, 0) is 63.1 Å². The number of fused-ring (bicyclic) bond motifs is 1. The second-order valence-corrected chi connectivity index (χ2v) is 8.96. The standard InChI is InChI=1S/C27H27N5O2/c1-18-12-19(2)14-21(13-18)27(34)31-11-5-6-20(16-31)26(33)30-22-9-10-25(28-15-22)32-17-29-23-7-3-4-8-24(23)32/h3-4,7-10,12-15,17,20H,5-6,11,16H2,1-2H3,(H,30,33). The second-order valence-electron chi connectivity index (χ2n) is 8.96. The fourth-order valence-electron chi connectivity index (χ4n) is 4.64. The molecule has 0 bridgehead atoms. The number of anilines is 1. The van der Waals surface area contributed by atoms with Crippen molar-refractivity contribution in [1.29, 1.82) is 0 Å². The van der Waals surface area contributed by atoms with Gasteiger partial charge in [0.2, 0.25) is 5.91 Å². The molecular formula is C27H27N5O2. The fraction of sp³-hybridized carbons (Fsp3) is 0.259. The minimum Gasteiger partial charge on any atom is -0.338 e. The number of piperidine rings is 1. The van der Waals surface area contributed by atoms with Crippen LogP contribution in [0.1, 0.15) is 34.3 Å². The quantitative estimate of drug-likeness (QED) is 0.492. The lowest BCUT2D eigenvalue weighted by molar-refractivity contribution is -0.121. The molecule has 1 unspecified atom stereocenters. The lowest BCUT2D eigenvalue weighted by Gasteiger charge is -2.32. The highest BCUT2D eigenvalue weighted by Crippen LogP contribution is 2.22. The Bertz CT molecular complexity index is 1340. The third-order valence-corrected chi connectivity index (χ3v) is 6.26. The van der Waals surface area contributed by atoms with E-state index < -0.39 is 0 Å². The number of likely N-dealkylation sites (tertiary alicyclic amines) is 1. The molecule has 2 aromatic heterocycles. The smallest absolute Gasteiger partial charge is 0.253 e. The van der Waals surface area contributed by atoms with Crippen molar-refractivity contribution in [1.82, 2.24) is 19.4 Å². The van der Waals surface area contributed by atoms with Gasteiger partial charge in [0.05, 0.1) is 28.8 Å². The molecule has 0 saturated carbocycles. The third kappa shape index (κ3) is 4.41. The van der Waals surface area contributed by atoms with E-state index >= 15 is 0 Å². The Hall–Kier alpha value is -4.00. The second kappa shape index (κ2) is 9.09. The summed E-state index contributed by atoms with van der Waals surface area (Å²) in [5, 5.41) is 2.97. The zero-order valence-corrected chi connectivity index (χ0v) is 19.4. The van der Waals surface area contributed by atoms with Crippen molar-refractivity contribution in [2.24, 2.45) is 5.92 Å². The van der Waals surface area contributed by atoms with Crippen molar-refractivity contribution in [3.8, 4) is 5.82 Å². The summed E-state index contributed by atoms with van der Waals surface area (Å²) in [6.45, 7) is 5.07. The highest BCUT2D eigenvalue weighted by atomic mass is 16.2. The van der Waals surface area contributed by atoms with E-state index in [0.29, 0.717) is 24.3 Å². The Balaban J connectivity index is 1.25. The number of pyridine rings is 1. The van der Waals surface area contributed by atoms with Gasteiger partial charge in [-0.25, -0.2) is 9.97 Å². The van der Waals surface area contributed by atoms with Gasteiger partial charge in [0.25, 0.3) is 5.91 Å². The molecule has 1 saturated heterocycles. The Morgan fingerprint density at radius 1 is 1.00 bits per heavy atom. The largest absolute Gasteiger partial charge is 0.338 e. The summed E-state index contributed by atoms with van der Waals surface area (Å²) in [4.78, 5) is 36.7. The summed E-state index contributed by atoms with van der Waals surface area (Å²) in [6.07, 6.45) is 4.96. The first-order chi connectivity index (χ1) is 16.5. The summed E-state index contributed by atoms with van der Waals surface area (Å²) >= 11 is 0. The maximum atomic E-state index is 13.1. The Labute approximate surface area is 198 Å². The molecule has 0 aliphatic carbocycles. The summed E-state index contributed by atoms with van der Waals surface area (Å²) < 4.78 is 1.92. The Kier molecular flexibility index (Phi) is 5.84. The summed E-state index contributed by atoms with van der Waals surface area (Å²) in [5.74, 6) is 0.388. The number of carbonyl (C=O) groups excluding carboxylic acids is 2. The first-order valence-corrected chi connectivity index (χ1v) is 11.5. The monoisotopic (exact) mass is 453 g/mol. The van der Waals surface area contributed by atoms with Crippen LogP contribution in [0.3, 0.4) is 0 Å². The molecule has 1 fully saturated rings. The molecule has 1 atom stereocenters. The lowest BCUT2D eigenvalue weighted by atomic mass is 9.96. The fourth-order valence-corrected chi connectivity index (χ4v) is 4.64. The third-order valence-electron chi connectivity index (χ3n) is 6.26. The number of aromatic nitrogens is 3. The molecule has 172 valence electrons. The van der Waals surface area contributed by atoms with E-state index in [1.165, 1.54) is 0 Å². The van der Waals surface area contributed by atoms with Crippen LogP contribution in [-0.2, 0) is 4.79 Å². The lowest BCUT2D eigenvalue weighted by Crippen LogP contribution is -2.43. The van der Waals surface area contributed by atoms with Crippen LogP contribution in [-0.4, -0.2) is 44.3 Å². The normalized spacial score (nSPS) is 15.9. The predicted octanol–water partition coefficient (Wildman–Crippen LogP) is 4.53. The van der Waals surface area contributed by atoms with E-state index in [4.69, 9.17) is 0 Å². The average Bonchev–Trinajstić information content (AvgIpc) is 3.28. The molecule has 7 heteroatoms. The van der Waals surface area contributed by atoms with Crippen LogP contribution in [0.4, 0.5) is 5.69 Å². The van der Waals surface area contributed by atoms with Gasteiger partial charge >= 0.3 is 0 Å². The van der Waals surface area contributed by atoms with Gasteiger partial charge in [-0.2, -0.15) is 0 Å². The molecule has 7 nitrogen and oxygen atoms in total. The zero-order valence-electron chi connectivity index (χ0n) is 19.4. The van der Waals surface area contributed by atoms with Crippen LogP contribution >= 0.6 is 0 Å². The van der Waals surface area contributed by atoms with Gasteiger partial charge in [-0.15, -0.1) is 0 Å². The number of benzene rings is 2. The Morgan fingerprint density at radius 3 is 2.56 bits per heavy atom. The van der Waals surface area contributed by atoms with E-state index in [0.717, 1.165) is 40.8 Å². The van der Waals surface area contributed by atoms with Crippen molar-refractivity contribution < 1.29 is 9.59 Å². The number of imidazole rings is 1. The molecule has 3 heterocycles. The van der Waals surface area contributed by atoms with Gasteiger partial charge in [0.15, 0.2) is 0 Å². The first kappa shape index (κ1) is 21.8. The number of amides is 2. The number of nitrogens with zero attached hydrogens (tertiary/aromatic N) is 4. The number of rotatable bonds is 4. The van der Waals surface area contributed by atoms with Gasteiger partial charge in [-0.3, -0.25) is 14.2 Å². The van der Waals surface area contributed by atoms with Crippen LogP contribution < -0.4 is 5.32 Å². The Morgan fingerprint density at radius 2 is 1.79 bits per heavy atom. The van der Waals surface area contributed by atoms with Crippen LogP contribution in [0, 0.1) is 19.8 Å². The van der Waals surface area contributed by atoms with Crippen molar-refractivity contribution in [2.75, 3.05) is 18.4 Å². The number of nitrogens with one attached hydrogen (secondary N) is 1. The summed E-state index contributed by atoms with van der Waals surface area (Å²) in [7, 11) is 0. The van der Waals surface area contributed by atoms with Crippen LogP contribution in [0.25, 0.3) is 16.9 Å². The molecule has 1 aliphatic rings. The molecule has 34 heavy (non-hydrogen) atoms. The van der Waals surface area contributed by atoms with Crippen LogP contribution in [0.2, 0.25) is 0 Å². The molecular weight excluding hydrogens is 426 g/mol. The van der Waals surface area contributed by atoms with Crippen molar-refractivity contribution in [2.45, 2.75) is 26.7 Å². The summed E-state index contributed by atoms with van der Waals surface area (Å²) in [5.41, 5.74) is 5.33. The number of hydrogen-bond donors (Lipinski definition) is 1. The van der Waals surface area contributed by atoms with Crippen LogP contribution in [0.5, 0.6) is 0 Å².